The summed E-state index contributed by atoms with van der Waals surface area (Å²) in [6.45, 7) is -0.171. The van der Waals surface area contributed by atoms with Gasteiger partial charge in [-0.05, 0) is 29.7 Å². The molecule has 0 atom stereocenters. The van der Waals surface area contributed by atoms with Crippen LogP contribution in [-0.2, 0) is 23.1 Å². The molecule has 1 rings (SSSR count). The minimum Gasteiger partial charge on any atom is -0.392 e. The third-order valence-electron chi connectivity index (χ3n) is 2.50. The first-order chi connectivity index (χ1) is 8.69. The summed E-state index contributed by atoms with van der Waals surface area (Å²) in [4.78, 5) is -0.294. The van der Waals surface area contributed by atoms with E-state index in [1.54, 1.807) is 0 Å². The van der Waals surface area contributed by atoms with E-state index in [1.165, 1.54) is 22.9 Å². The van der Waals surface area contributed by atoms with Crippen molar-refractivity contribution in [2.24, 2.45) is 0 Å². The Balaban J connectivity index is 3.02. The van der Waals surface area contributed by atoms with Crippen LogP contribution in [0.1, 0.15) is 18.1 Å². The zero-order valence-corrected chi connectivity index (χ0v) is 11.0. The summed E-state index contributed by atoms with van der Waals surface area (Å²) in [5.74, 6) is 0. The van der Waals surface area contributed by atoms with Crippen LogP contribution in [0.15, 0.2) is 23.1 Å². The SMILES string of the molecule is CCc1ccc(S(=O)(=O)NCC(F)(F)F)cc1CO. The van der Waals surface area contributed by atoms with Gasteiger partial charge in [-0.2, -0.15) is 13.2 Å². The number of halogens is 3. The Morgan fingerprint density at radius 2 is 1.89 bits per heavy atom. The zero-order valence-electron chi connectivity index (χ0n) is 10.2. The number of aliphatic hydroxyl groups excluding tert-OH is 1. The number of rotatable bonds is 5. The molecule has 108 valence electrons. The molecule has 0 fully saturated rings. The lowest BCUT2D eigenvalue weighted by Crippen LogP contribution is -2.33. The predicted molar refractivity (Wildman–Crippen MR) is 63.0 cm³/mol. The van der Waals surface area contributed by atoms with E-state index in [2.05, 4.69) is 0 Å². The number of hydrogen-bond donors (Lipinski definition) is 2. The maximum absolute atomic E-state index is 12.0. The van der Waals surface area contributed by atoms with Crippen LogP contribution >= 0.6 is 0 Å². The summed E-state index contributed by atoms with van der Waals surface area (Å²) in [5, 5.41) is 9.10. The highest BCUT2D eigenvalue weighted by Crippen LogP contribution is 2.18. The second kappa shape index (κ2) is 5.89. The van der Waals surface area contributed by atoms with E-state index in [0.717, 1.165) is 5.56 Å². The lowest BCUT2D eigenvalue weighted by molar-refractivity contribution is -0.121. The van der Waals surface area contributed by atoms with Crippen LogP contribution in [0.4, 0.5) is 13.2 Å². The Morgan fingerprint density at radius 1 is 1.26 bits per heavy atom. The van der Waals surface area contributed by atoms with Gasteiger partial charge >= 0.3 is 6.18 Å². The maximum Gasteiger partial charge on any atom is 0.402 e. The molecule has 0 saturated heterocycles. The summed E-state index contributed by atoms with van der Waals surface area (Å²) < 4.78 is 60.8. The number of alkyl halides is 3. The fourth-order valence-corrected chi connectivity index (χ4v) is 2.59. The first kappa shape index (κ1) is 15.9. The van der Waals surface area contributed by atoms with Crippen LogP contribution in [0.5, 0.6) is 0 Å². The molecule has 2 N–H and O–H groups in total. The summed E-state index contributed by atoms with van der Waals surface area (Å²) >= 11 is 0. The van der Waals surface area contributed by atoms with Gasteiger partial charge in [-0.3, -0.25) is 0 Å². The molecule has 0 bridgehead atoms. The van der Waals surface area contributed by atoms with E-state index in [1.807, 2.05) is 6.92 Å². The van der Waals surface area contributed by atoms with Crippen LogP contribution in [0.3, 0.4) is 0 Å². The van der Waals surface area contributed by atoms with E-state index in [0.29, 0.717) is 12.0 Å². The van der Waals surface area contributed by atoms with Crippen molar-refractivity contribution >= 4 is 10.0 Å². The van der Waals surface area contributed by atoms with Gasteiger partial charge in [0.05, 0.1) is 11.5 Å². The zero-order chi connectivity index (χ0) is 14.7. The average molecular weight is 297 g/mol. The van der Waals surface area contributed by atoms with Gasteiger partial charge in [-0.25, -0.2) is 13.1 Å². The molecule has 0 aromatic heterocycles. The molecule has 0 spiro atoms. The van der Waals surface area contributed by atoms with Crippen molar-refractivity contribution in [2.75, 3.05) is 6.54 Å². The van der Waals surface area contributed by atoms with Crippen molar-refractivity contribution in [1.82, 2.24) is 4.72 Å². The second-order valence-corrected chi connectivity index (χ2v) is 5.65. The number of aryl methyl sites for hydroxylation is 1. The van der Waals surface area contributed by atoms with E-state index < -0.39 is 22.7 Å². The fourth-order valence-electron chi connectivity index (χ4n) is 1.52. The molecule has 0 amide bonds. The Kier molecular flexibility index (Phi) is 4.94. The van der Waals surface area contributed by atoms with Gasteiger partial charge in [0.15, 0.2) is 0 Å². The van der Waals surface area contributed by atoms with Gasteiger partial charge in [0, 0.05) is 0 Å². The van der Waals surface area contributed by atoms with Gasteiger partial charge in [0.25, 0.3) is 0 Å². The van der Waals surface area contributed by atoms with Gasteiger partial charge in [-0.15, -0.1) is 0 Å². The summed E-state index contributed by atoms with van der Waals surface area (Å²) in [6, 6.07) is 3.88. The molecule has 0 aliphatic rings. The third-order valence-corrected chi connectivity index (χ3v) is 3.90. The first-order valence-electron chi connectivity index (χ1n) is 5.48. The number of nitrogens with one attached hydrogen (secondary N) is 1. The molecule has 0 aliphatic heterocycles. The normalized spacial score (nSPS) is 12.7. The highest BCUT2D eigenvalue weighted by Gasteiger charge is 2.30. The first-order valence-corrected chi connectivity index (χ1v) is 6.97. The van der Waals surface area contributed by atoms with E-state index >= 15 is 0 Å². The van der Waals surface area contributed by atoms with Crippen LogP contribution in [0, 0.1) is 0 Å². The van der Waals surface area contributed by atoms with Crippen LogP contribution in [-0.4, -0.2) is 26.2 Å². The van der Waals surface area contributed by atoms with Crippen LogP contribution in [0.2, 0.25) is 0 Å². The fraction of sp³-hybridized carbons (Fsp3) is 0.455. The number of aliphatic hydroxyl groups is 1. The maximum atomic E-state index is 12.0. The minimum atomic E-state index is -4.61. The van der Waals surface area contributed by atoms with Crippen molar-refractivity contribution in [2.45, 2.75) is 31.0 Å². The molecule has 0 aliphatic carbocycles. The van der Waals surface area contributed by atoms with Gasteiger partial charge in [-0.1, -0.05) is 13.0 Å². The minimum absolute atomic E-state index is 0.294. The molecule has 8 heteroatoms. The van der Waals surface area contributed by atoms with E-state index in [4.69, 9.17) is 5.11 Å². The number of benzene rings is 1. The van der Waals surface area contributed by atoms with Crippen molar-refractivity contribution in [3.63, 3.8) is 0 Å². The topological polar surface area (TPSA) is 66.4 Å². The summed E-state index contributed by atoms with van der Waals surface area (Å²) in [6.07, 6.45) is -4.03. The van der Waals surface area contributed by atoms with Crippen molar-refractivity contribution in [3.8, 4) is 0 Å². The van der Waals surface area contributed by atoms with Crippen molar-refractivity contribution in [3.05, 3.63) is 29.3 Å². The predicted octanol–water partition coefficient (Wildman–Crippen LogP) is 1.58. The molecular formula is C11H14F3NO3S. The molecule has 0 saturated carbocycles. The molecule has 0 heterocycles. The monoisotopic (exact) mass is 297 g/mol. The Hall–Kier alpha value is -1.12. The molecule has 1 aromatic carbocycles. The lowest BCUT2D eigenvalue weighted by Gasteiger charge is -2.11. The third kappa shape index (κ3) is 4.48. The van der Waals surface area contributed by atoms with Crippen LogP contribution in [0.25, 0.3) is 0 Å². The Bertz CT molecular complexity index is 541. The lowest BCUT2D eigenvalue weighted by atomic mass is 10.1. The quantitative estimate of drug-likeness (QED) is 0.867. The van der Waals surface area contributed by atoms with Crippen LogP contribution < -0.4 is 4.72 Å². The number of sulfonamides is 1. The Morgan fingerprint density at radius 3 is 2.37 bits per heavy atom. The summed E-state index contributed by atoms with van der Waals surface area (Å²) in [5.41, 5.74) is 1.13. The van der Waals surface area contributed by atoms with E-state index in [9.17, 15) is 21.6 Å². The number of hydrogen-bond acceptors (Lipinski definition) is 3. The summed E-state index contributed by atoms with van der Waals surface area (Å²) in [7, 11) is -4.23. The van der Waals surface area contributed by atoms with Crippen molar-refractivity contribution in [1.29, 1.82) is 0 Å². The Labute approximate surface area is 109 Å². The molecule has 19 heavy (non-hydrogen) atoms. The smallest absolute Gasteiger partial charge is 0.392 e. The standard InChI is InChI=1S/C11H14F3NO3S/c1-2-8-3-4-10(5-9(8)6-16)19(17,18)15-7-11(12,13)14/h3-5,15-16H,2,6-7H2,1H3. The molecule has 1 aromatic rings. The molecule has 0 unspecified atom stereocenters. The van der Waals surface area contributed by atoms with Gasteiger partial charge < -0.3 is 5.11 Å². The highest BCUT2D eigenvalue weighted by atomic mass is 32.2. The second-order valence-electron chi connectivity index (χ2n) is 3.88. The highest BCUT2D eigenvalue weighted by molar-refractivity contribution is 7.89. The molecule has 0 radical (unpaired) electrons. The average Bonchev–Trinajstić information content (AvgIpc) is 2.35. The molecule has 4 nitrogen and oxygen atoms in total. The van der Waals surface area contributed by atoms with E-state index in [-0.39, 0.29) is 11.5 Å². The van der Waals surface area contributed by atoms with Crippen molar-refractivity contribution < 1.29 is 26.7 Å². The molecular weight excluding hydrogens is 283 g/mol. The van der Waals surface area contributed by atoms with Gasteiger partial charge in [0.2, 0.25) is 10.0 Å². The van der Waals surface area contributed by atoms with Gasteiger partial charge in [0.1, 0.15) is 6.54 Å². The largest absolute Gasteiger partial charge is 0.402 e.